The van der Waals surface area contributed by atoms with Crippen molar-refractivity contribution in [1.29, 1.82) is 0 Å². The summed E-state index contributed by atoms with van der Waals surface area (Å²) >= 11 is 6.12. The number of nitrogens with zero attached hydrogens (tertiary/aromatic N) is 1. The molecule has 1 heterocycles. The van der Waals surface area contributed by atoms with Gasteiger partial charge in [0.1, 0.15) is 6.04 Å². The van der Waals surface area contributed by atoms with Gasteiger partial charge < -0.3 is 19.7 Å². The van der Waals surface area contributed by atoms with Gasteiger partial charge in [-0.1, -0.05) is 73.0 Å². The third-order valence-corrected chi connectivity index (χ3v) is 7.56. The fourth-order valence-electron chi connectivity index (χ4n) is 5.20. The molecule has 38 heavy (non-hydrogen) atoms. The van der Waals surface area contributed by atoms with Crippen LogP contribution in [0.3, 0.4) is 0 Å². The molecular formula is C31H33ClN2O4. The fourth-order valence-corrected chi connectivity index (χ4v) is 5.33. The summed E-state index contributed by atoms with van der Waals surface area (Å²) in [6.45, 7) is 0.538. The fraction of sp³-hybridized carbons (Fsp3) is 0.355. The van der Waals surface area contributed by atoms with Crippen molar-refractivity contribution in [2.45, 2.75) is 63.6 Å². The van der Waals surface area contributed by atoms with E-state index in [1.54, 1.807) is 4.90 Å². The lowest BCUT2D eigenvalue weighted by molar-refractivity contribution is -0.141. The first-order chi connectivity index (χ1) is 18.5. The van der Waals surface area contributed by atoms with E-state index in [4.69, 9.17) is 21.1 Å². The Kier molecular flexibility index (Phi) is 8.49. The molecule has 0 bridgehead atoms. The maximum absolute atomic E-state index is 13.9. The van der Waals surface area contributed by atoms with Crippen molar-refractivity contribution < 1.29 is 19.1 Å². The van der Waals surface area contributed by atoms with Crippen LogP contribution in [0, 0.1) is 0 Å². The summed E-state index contributed by atoms with van der Waals surface area (Å²) in [6.07, 6.45) is 5.47. The van der Waals surface area contributed by atoms with Crippen molar-refractivity contribution in [2.75, 3.05) is 6.79 Å². The molecule has 5 rings (SSSR count). The zero-order chi connectivity index (χ0) is 26.3. The lowest BCUT2D eigenvalue weighted by Gasteiger charge is -2.32. The number of carbonyl (C=O) groups is 2. The first-order valence-electron chi connectivity index (χ1n) is 13.3. The Bertz CT molecular complexity index is 1240. The maximum atomic E-state index is 13.9. The molecule has 1 aliphatic carbocycles. The number of halogens is 1. The van der Waals surface area contributed by atoms with Gasteiger partial charge in [-0.2, -0.15) is 0 Å². The average Bonchev–Trinajstić information content (AvgIpc) is 3.62. The number of fused-ring (bicyclic) bond motifs is 1. The summed E-state index contributed by atoms with van der Waals surface area (Å²) in [5.41, 5.74) is 2.94. The normalized spacial score (nSPS) is 15.3. The maximum Gasteiger partial charge on any atom is 0.243 e. The molecule has 0 saturated heterocycles. The summed E-state index contributed by atoms with van der Waals surface area (Å²) in [5, 5.41) is 3.88. The van der Waals surface area contributed by atoms with Gasteiger partial charge in [-0.05, 0) is 60.2 Å². The largest absolute Gasteiger partial charge is 0.454 e. The summed E-state index contributed by atoms with van der Waals surface area (Å²) in [5.74, 6) is 1.26. The second-order valence-electron chi connectivity index (χ2n) is 10.0. The second kappa shape index (κ2) is 12.4. The molecule has 6 nitrogen and oxygen atoms in total. The molecule has 3 aromatic carbocycles. The molecule has 1 fully saturated rings. The Labute approximate surface area is 228 Å². The van der Waals surface area contributed by atoms with Gasteiger partial charge in [-0.15, -0.1) is 0 Å². The minimum atomic E-state index is -0.627. The van der Waals surface area contributed by atoms with E-state index in [9.17, 15) is 9.59 Å². The second-order valence-corrected chi connectivity index (χ2v) is 10.5. The molecule has 198 valence electrons. The Morgan fingerprint density at radius 1 is 0.895 bits per heavy atom. The minimum absolute atomic E-state index is 0.0693. The molecule has 1 N–H and O–H groups in total. The van der Waals surface area contributed by atoms with Crippen molar-refractivity contribution >= 4 is 23.4 Å². The predicted octanol–water partition coefficient (Wildman–Crippen LogP) is 5.70. The van der Waals surface area contributed by atoms with Crippen molar-refractivity contribution in [3.05, 3.63) is 94.5 Å². The van der Waals surface area contributed by atoms with Gasteiger partial charge in [0.2, 0.25) is 18.6 Å². The molecule has 1 atom stereocenters. The van der Waals surface area contributed by atoms with Gasteiger partial charge in [0, 0.05) is 30.5 Å². The highest BCUT2D eigenvalue weighted by Crippen LogP contribution is 2.33. The van der Waals surface area contributed by atoms with E-state index in [1.807, 2.05) is 72.8 Å². The van der Waals surface area contributed by atoms with Crippen LogP contribution < -0.4 is 14.8 Å². The van der Waals surface area contributed by atoms with Gasteiger partial charge >= 0.3 is 0 Å². The van der Waals surface area contributed by atoms with Gasteiger partial charge in [0.15, 0.2) is 11.5 Å². The minimum Gasteiger partial charge on any atom is -0.454 e. The number of benzene rings is 3. The third-order valence-electron chi connectivity index (χ3n) is 7.30. The molecule has 7 heteroatoms. The zero-order valence-electron chi connectivity index (χ0n) is 21.4. The lowest BCUT2D eigenvalue weighted by atomic mass is 10.0. The summed E-state index contributed by atoms with van der Waals surface area (Å²) in [4.78, 5) is 29.3. The van der Waals surface area contributed by atoms with Crippen LogP contribution in [-0.4, -0.2) is 35.6 Å². The summed E-state index contributed by atoms with van der Waals surface area (Å²) in [7, 11) is 0. The average molecular weight is 533 g/mol. The van der Waals surface area contributed by atoms with Gasteiger partial charge in [-0.25, -0.2) is 0 Å². The van der Waals surface area contributed by atoms with E-state index < -0.39 is 6.04 Å². The molecule has 2 amide bonds. The lowest BCUT2D eigenvalue weighted by Crippen LogP contribution is -2.52. The van der Waals surface area contributed by atoms with Gasteiger partial charge in [-0.3, -0.25) is 9.59 Å². The molecular weight excluding hydrogens is 500 g/mol. The Balaban J connectivity index is 1.39. The van der Waals surface area contributed by atoms with Crippen LogP contribution in [0.25, 0.3) is 0 Å². The van der Waals surface area contributed by atoms with Crippen LogP contribution in [0.5, 0.6) is 11.5 Å². The van der Waals surface area contributed by atoms with Gasteiger partial charge in [0.25, 0.3) is 0 Å². The number of rotatable bonds is 10. The van der Waals surface area contributed by atoms with Crippen LogP contribution in [0.15, 0.2) is 72.8 Å². The standard InChI is InChI=1S/C31H33ClN2O4/c32-25-14-10-24(11-15-25)20-34(30(35)17-13-23-12-16-28-29(19-23)38-21-37-28)27(18-22-6-2-1-3-7-22)31(36)33-26-8-4-5-9-26/h1-3,6-7,10-12,14-16,19,26-27H,4-5,8-9,13,17-18,20-21H2,(H,33,36)/t27-/m0/s1. The van der Waals surface area contributed by atoms with E-state index >= 15 is 0 Å². The molecule has 3 aromatic rings. The van der Waals surface area contributed by atoms with Crippen LogP contribution in [0.1, 0.15) is 48.8 Å². The monoisotopic (exact) mass is 532 g/mol. The molecule has 0 radical (unpaired) electrons. The Hall–Kier alpha value is -3.51. The molecule has 0 spiro atoms. The Morgan fingerprint density at radius 3 is 2.37 bits per heavy atom. The molecule has 0 unspecified atom stereocenters. The van der Waals surface area contributed by atoms with Crippen molar-refractivity contribution in [3.8, 4) is 11.5 Å². The first kappa shape index (κ1) is 26.1. The van der Waals surface area contributed by atoms with E-state index in [-0.39, 0.29) is 31.1 Å². The van der Waals surface area contributed by atoms with Gasteiger partial charge in [0.05, 0.1) is 0 Å². The van der Waals surface area contributed by atoms with E-state index in [0.29, 0.717) is 30.2 Å². The smallest absolute Gasteiger partial charge is 0.243 e. The molecule has 2 aliphatic rings. The first-order valence-corrected chi connectivity index (χ1v) is 13.7. The van der Waals surface area contributed by atoms with E-state index in [2.05, 4.69) is 5.32 Å². The van der Waals surface area contributed by atoms with Crippen LogP contribution >= 0.6 is 11.6 Å². The number of carbonyl (C=O) groups excluding carboxylic acids is 2. The summed E-state index contributed by atoms with van der Waals surface area (Å²) < 4.78 is 10.9. The SMILES string of the molecule is O=C(NC1CCCC1)[C@H](Cc1ccccc1)N(Cc1ccc(Cl)cc1)C(=O)CCc1ccc2c(c1)OCO2. The number of hydrogen-bond acceptors (Lipinski definition) is 4. The number of nitrogens with one attached hydrogen (secondary N) is 1. The van der Waals surface area contributed by atoms with Crippen molar-refractivity contribution in [2.24, 2.45) is 0 Å². The highest BCUT2D eigenvalue weighted by molar-refractivity contribution is 6.30. The van der Waals surface area contributed by atoms with Crippen LogP contribution in [0.4, 0.5) is 0 Å². The summed E-state index contributed by atoms with van der Waals surface area (Å²) in [6, 6.07) is 22.7. The van der Waals surface area contributed by atoms with Crippen LogP contribution in [-0.2, 0) is 29.0 Å². The third kappa shape index (κ3) is 6.67. The Morgan fingerprint density at radius 2 is 1.61 bits per heavy atom. The highest BCUT2D eigenvalue weighted by Gasteiger charge is 2.32. The molecule has 1 saturated carbocycles. The van der Waals surface area contributed by atoms with E-state index in [0.717, 1.165) is 48.1 Å². The topological polar surface area (TPSA) is 67.9 Å². The quantitative estimate of drug-likeness (QED) is 0.364. The highest BCUT2D eigenvalue weighted by atomic mass is 35.5. The van der Waals surface area contributed by atoms with Crippen LogP contribution in [0.2, 0.25) is 5.02 Å². The number of ether oxygens (including phenoxy) is 2. The predicted molar refractivity (Wildman–Crippen MR) is 147 cm³/mol. The zero-order valence-corrected chi connectivity index (χ0v) is 22.2. The van der Waals surface area contributed by atoms with E-state index in [1.165, 1.54) is 0 Å². The number of aryl methyl sites for hydroxylation is 1. The number of hydrogen-bond donors (Lipinski definition) is 1. The number of amides is 2. The molecule has 0 aromatic heterocycles. The molecule has 1 aliphatic heterocycles. The van der Waals surface area contributed by atoms with Crippen molar-refractivity contribution in [3.63, 3.8) is 0 Å². The van der Waals surface area contributed by atoms with Crippen molar-refractivity contribution in [1.82, 2.24) is 10.2 Å².